The van der Waals surface area contributed by atoms with Crippen LogP contribution in [0, 0.1) is 0 Å². The van der Waals surface area contributed by atoms with Crippen LogP contribution in [-0.2, 0) is 0 Å². The predicted molar refractivity (Wildman–Crippen MR) is 111 cm³/mol. The maximum Gasteiger partial charge on any atom is 0.167 e. The van der Waals surface area contributed by atoms with Crippen molar-refractivity contribution in [3.05, 3.63) is 60.7 Å². The van der Waals surface area contributed by atoms with Crippen LogP contribution in [0.15, 0.2) is 65.2 Å². The Bertz CT molecular complexity index is 853. The predicted octanol–water partition coefficient (Wildman–Crippen LogP) is 4.02. The smallest absolute Gasteiger partial charge is 0.167 e. The van der Waals surface area contributed by atoms with Gasteiger partial charge in [0.1, 0.15) is 11.4 Å². The Morgan fingerprint density at radius 1 is 0.929 bits per heavy atom. The largest absolute Gasteiger partial charge is 0.494 e. The first-order chi connectivity index (χ1) is 13.8. The molecule has 146 valence electrons. The van der Waals surface area contributed by atoms with Crippen LogP contribution in [0.4, 0.5) is 0 Å². The quantitative estimate of drug-likeness (QED) is 0.582. The summed E-state index contributed by atoms with van der Waals surface area (Å²) in [6, 6.07) is 20.1. The van der Waals surface area contributed by atoms with Gasteiger partial charge in [0.05, 0.1) is 6.61 Å². The van der Waals surface area contributed by atoms with Gasteiger partial charge in [-0.3, -0.25) is 0 Å². The summed E-state index contributed by atoms with van der Waals surface area (Å²) in [4.78, 5) is 4.90. The van der Waals surface area contributed by atoms with E-state index in [1.54, 1.807) is 0 Å². The van der Waals surface area contributed by atoms with Gasteiger partial charge in [-0.05, 0) is 37.7 Å². The Kier molecular flexibility index (Phi) is 6.04. The van der Waals surface area contributed by atoms with Crippen LogP contribution in [0.2, 0.25) is 0 Å². The molecule has 1 aliphatic heterocycles. The fourth-order valence-corrected chi connectivity index (χ4v) is 3.42. The summed E-state index contributed by atoms with van der Waals surface area (Å²) in [5.41, 5.74) is 2.89. The summed E-state index contributed by atoms with van der Waals surface area (Å²) >= 11 is 0. The van der Waals surface area contributed by atoms with Gasteiger partial charge >= 0.3 is 0 Å². The molecule has 0 N–H and O–H groups in total. The highest BCUT2D eigenvalue weighted by Crippen LogP contribution is 2.27. The Morgan fingerprint density at radius 3 is 2.43 bits per heavy atom. The van der Waals surface area contributed by atoms with E-state index in [9.17, 15) is 0 Å². The zero-order valence-corrected chi connectivity index (χ0v) is 16.4. The first kappa shape index (κ1) is 18.7. The lowest BCUT2D eigenvalue weighted by Gasteiger charge is -2.32. The molecule has 1 aromatic heterocycles. The van der Waals surface area contributed by atoms with Gasteiger partial charge in [-0.25, -0.2) is 0 Å². The summed E-state index contributed by atoms with van der Waals surface area (Å²) in [6.45, 7) is 6.50. The Labute approximate surface area is 166 Å². The van der Waals surface area contributed by atoms with Crippen molar-refractivity contribution in [1.29, 1.82) is 0 Å². The van der Waals surface area contributed by atoms with Gasteiger partial charge in [0.2, 0.25) is 0 Å². The van der Waals surface area contributed by atoms with E-state index in [-0.39, 0.29) is 0 Å². The highest BCUT2D eigenvalue weighted by Gasteiger charge is 2.13. The van der Waals surface area contributed by atoms with Gasteiger partial charge in [0.15, 0.2) is 5.76 Å². The van der Waals surface area contributed by atoms with Gasteiger partial charge in [0, 0.05) is 49.9 Å². The molecular formula is C23H27N3O2. The third-order valence-corrected chi connectivity index (χ3v) is 5.20. The van der Waals surface area contributed by atoms with Crippen molar-refractivity contribution in [2.24, 2.45) is 0 Å². The first-order valence-corrected chi connectivity index (χ1v) is 9.94. The third kappa shape index (κ3) is 4.80. The number of aromatic nitrogens is 1. The summed E-state index contributed by atoms with van der Waals surface area (Å²) in [5.74, 6) is 1.67. The lowest BCUT2D eigenvalue weighted by molar-refractivity contribution is 0.145. The number of rotatable bonds is 7. The summed E-state index contributed by atoms with van der Waals surface area (Å²) in [6.07, 6.45) is 1.05. The molecule has 5 heteroatoms. The van der Waals surface area contributed by atoms with E-state index in [0.717, 1.165) is 74.1 Å². The van der Waals surface area contributed by atoms with Crippen molar-refractivity contribution in [3.8, 4) is 28.3 Å². The molecule has 2 heterocycles. The average molecular weight is 377 g/mol. The fourth-order valence-electron chi connectivity index (χ4n) is 3.42. The Balaban J connectivity index is 1.27. The van der Waals surface area contributed by atoms with Crippen LogP contribution in [0.3, 0.4) is 0 Å². The van der Waals surface area contributed by atoms with E-state index in [0.29, 0.717) is 0 Å². The monoisotopic (exact) mass is 377 g/mol. The molecule has 5 nitrogen and oxygen atoms in total. The SMILES string of the molecule is CN1CCN(CCCOc2ccc(-c3cc(-c4ccccc4)on3)cc2)CC1. The minimum Gasteiger partial charge on any atom is -0.494 e. The summed E-state index contributed by atoms with van der Waals surface area (Å²) in [5, 5.41) is 4.20. The fraction of sp³-hybridized carbons (Fsp3) is 0.348. The van der Waals surface area contributed by atoms with Crippen LogP contribution >= 0.6 is 0 Å². The lowest BCUT2D eigenvalue weighted by Crippen LogP contribution is -2.44. The van der Waals surface area contributed by atoms with Crippen LogP contribution in [0.1, 0.15) is 6.42 Å². The number of likely N-dealkylation sites (N-methyl/N-ethyl adjacent to an activating group) is 1. The minimum absolute atomic E-state index is 0.744. The number of hydrogen-bond donors (Lipinski definition) is 0. The zero-order valence-electron chi connectivity index (χ0n) is 16.4. The molecule has 2 aromatic carbocycles. The molecule has 0 aliphatic carbocycles. The standard InChI is InChI=1S/C23H27N3O2/c1-25-13-15-26(16-14-25)12-5-17-27-21-10-8-19(9-11-21)22-18-23(28-24-22)20-6-3-2-4-7-20/h2-4,6-11,18H,5,12-17H2,1H3. The van der Waals surface area contributed by atoms with E-state index in [1.807, 2.05) is 60.7 Å². The summed E-state index contributed by atoms with van der Waals surface area (Å²) < 4.78 is 11.4. The number of nitrogens with zero attached hydrogens (tertiary/aromatic N) is 3. The van der Waals surface area contributed by atoms with Gasteiger partial charge < -0.3 is 19.1 Å². The minimum atomic E-state index is 0.744. The van der Waals surface area contributed by atoms with E-state index in [4.69, 9.17) is 9.26 Å². The van der Waals surface area contributed by atoms with Gasteiger partial charge in [-0.15, -0.1) is 0 Å². The topological polar surface area (TPSA) is 41.7 Å². The number of hydrogen-bond acceptors (Lipinski definition) is 5. The number of ether oxygens (including phenoxy) is 1. The van der Waals surface area contributed by atoms with E-state index in [1.165, 1.54) is 0 Å². The second-order valence-electron chi connectivity index (χ2n) is 7.31. The van der Waals surface area contributed by atoms with E-state index in [2.05, 4.69) is 22.0 Å². The second kappa shape index (κ2) is 9.04. The maximum absolute atomic E-state index is 5.90. The Morgan fingerprint density at radius 2 is 1.68 bits per heavy atom. The van der Waals surface area contributed by atoms with Crippen molar-refractivity contribution in [2.75, 3.05) is 46.4 Å². The molecule has 1 fully saturated rings. The molecule has 1 saturated heterocycles. The lowest BCUT2D eigenvalue weighted by atomic mass is 10.1. The average Bonchev–Trinajstić information content (AvgIpc) is 3.24. The molecule has 0 bridgehead atoms. The van der Waals surface area contributed by atoms with Crippen molar-refractivity contribution in [2.45, 2.75) is 6.42 Å². The normalized spacial score (nSPS) is 15.6. The molecular weight excluding hydrogens is 350 g/mol. The molecule has 0 spiro atoms. The van der Waals surface area contributed by atoms with Gasteiger partial charge in [0.25, 0.3) is 0 Å². The van der Waals surface area contributed by atoms with Crippen molar-refractivity contribution < 1.29 is 9.26 Å². The van der Waals surface area contributed by atoms with Crippen molar-refractivity contribution in [1.82, 2.24) is 15.0 Å². The van der Waals surface area contributed by atoms with Crippen molar-refractivity contribution in [3.63, 3.8) is 0 Å². The molecule has 0 atom stereocenters. The molecule has 1 aliphatic rings. The summed E-state index contributed by atoms with van der Waals surface area (Å²) in [7, 11) is 2.19. The molecule has 3 aromatic rings. The maximum atomic E-state index is 5.90. The second-order valence-corrected chi connectivity index (χ2v) is 7.31. The number of piperazine rings is 1. The van der Waals surface area contributed by atoms with Gasteiger partial charge in [-0.1, -0.05) is 35.5 Å². The number of benzene rings is 2. The highest BCUT2D eigenvalue weighted by atomic mass is 16.5. The van der Waals surface area contributed by atoms with Crippen LogP contribution in [0.5, 0.6) is 5.75 Å². The highest BCUT2D eigenvalue weighted by molar-refractivity contribution is 5.66. The molecule has 28 heavy (non-hydrogen) atoms. The van der Waals surface area contributed by atoms with Crippen LogP contribution in [0.25, 0.3) is 22.6 Å². The molecule has 0 amide bonds. The van der Waals surface area contributed by atoms with E-state index < -0.39 is 0 Å². The Hall–Kier alpha value is -2.63. The van der Waals surface area contributed by atoms with Crippen LogP contribution < -0.4 is 4.74 Å². The molecule has 0 radical (unpaired) electrons. The molecule has 0 unspecified atom stereocenters. The molecule has 0 saturated carbocycles. The van der Waals surface area contributed by atoms with Gasteiger partial charge in [-0.2, -0.15) is 0 Å². The molecule has 4 rings (SSSR count). The van der Waals surface area contributed by atoms with Crippen LogP contribution in [-0.4, -0.2) is 61.3 Å². The first-order valence-electron chi connectivity index (χ1n) is 9.94. The van der Waals surface area contributed by atoms with Crippen molar-refractivity contribution >= 4 is 0 Å². The zero-order chi connectivity index (χ0) is 19.2. The third-order valence-electron chi connectivity index (χ3n) is 5.20. The van der Waals surface area contributed by atoms with E-state index >= 15 is 0 Å².